The van der Waals surface area contributed by atoms with Gasteiger partial charge < -0.3 is 19.7 Å². The summed E-state index contributed by atoms with van der Waals surface area (Å²) in [6, 6.07) is 8.82. The maximum atomic E-state index is 13.3. The molecule has 1 aliphatic heterocycles. The Hall–Kier alpha value is -2.18. The normalized spacial score (nSPS) is 15.9. The van der Waals surface area contributed by atoms with Crippen LogP contribution >= 0.6 is 23.2 Å². The Bertz CT molecular complexity index is 897. The molecule has 8 heteroatoms. The van der Waals surface area contributed by atoms with Crippen LogP contribution in [0.15, 0.2) is 36.5 Å². The minimum atomic E-state index is -0.288. The number of fused-ring (bicyclic) bond motifs is 1. The summed E-state index contributed by atoms with van der Waals surface area (Å²) < 4.78 is 2.14. The Morgan fingerprint density at radius 1 is 1.21 bits per heavy atom. The van der Waals surface area contributed by atoms with E-state index in [1.807, 2.05) is 56.1 Å². The van der Waals surface area contributed by atoms with Gasteiger partial charge >= 0.3 is 6.03 Å². The maximum Gasteiger partial charge on any atom is 0.318 e. The molecular formula is C21H26Cl2N4O2. The van der Waals surface area contributed by atoms with Gasteiger partial charge in [-0.25, -0.2) is 4.79 Å². The number of halogens is 2. The summed E-state index contributed by atoms with van der Waals surface area (Å²) in [5.74, 6) is -0.103. The average Bonchev–Trinajstić information content (AvgIpc) is 3.16. The number of rotatable bonds is 5. The van der Waals surface area contributed by atoms with E-state index in [4.69, 9.17) is 23.2 Å². The Kier molecular flexibility index (Phi) is 6.75. The van der Waals surface area contributed by atoms with E-state index in [9.17, 15) is 9.59 Å². The molecule has 2 aromatic rings. The van der Waals surface area contributed by atoms with Gasteiger partial charge in [0.15, 0.2) is 0 Å². The number of nitrogens with one attached hydrogen (secondary N) is 1. The summed E-state index contributed by atoms with van der Waals surface area (Å²) in [6.45, 7) is 7.45. The molecular weight excluding hydrogens is 411 g/mol. The summed E-state index contributed by atoms with van der Waals surface area (Å²) in [5.41, 5.74) is 1.90. The lowest BCUT2D eigenvalue weighted by atomic mass is 9.99. The maximum absolute atomic E-state index is 13.3. The van der Waals surface area contributed by atoms with E-state index in [0.29, 0.717) is 29.7 Å². The smallest absolute Gasteiger partial charge is 0.318 e. The molecule has 0 bridgehead atoms. The molecule has 0 saturated heterocycles. The largest absolute Gasteiger partial charge is 0.348 e. The first-order valence-electron chi connectivity index (χ1n) is 9.77. The zero-order chi connectivity index (χ0) is 21.1. The summed E-state index contributed by atoms with van der Waals surface area (Å²) in [4.78, 5) is 29.1. The fourth-order valence-corrected chi connectivity index (χ4v) is 3.97. The van der Waals surface area contributed by atoms with Gasteiger partial charge in [0.25, 0.3) is 0 Å². The van der Waals surface area contributed by atoms with Gasteiger partial charge in [0.1, 0.15) is 6.54 Å². The molecule has 1 aromatic carbocycles. The molecule has 0 radical (unpaired) electrons. The first-order valence-corrected chi connectivity index (χ1v) is 10.5. The number of hydrogen-bond acceptors (Lipinski definition) is 2. The molecule has 3 amide bonds. The van der Waals surface area contributed by atoms with E-state index in [-0.39, 0.29) is 30.6 Å². The summed E-state index contributed by atoms with van der Waals surface area (Å²) in [5, 5.41) is 3.71. The molecule has 0 aliphatic carbocycles. The number of hydrogen-bond donors (Lipinski definition) is 1. The molecule has 0 saturated carbocycles. The molecule has 156 valence electrons. The van der Waals surface area contributed by atoms with Crippen LogP contribution in [0, 0.1) is 0 Å². The van der Waals surface area contributed by atoms with E-state index in [2.05, 4.69) is 9.88 Å². The van der Waals surface area contributed by atoms with Crippen LogP contribution in [0.3, 0.4) is 0 Å². The molecule has 0 spiro atoms. The van der Waals surface area contributed by atoms with Crippen molar-refractivity contribution in [2.75, 3.05) is 19.6 Å². The Morgan fingerprint density at radius 3 is 2.62 bits per heavy atom. The number of aromatic nitrogens is 1. The van der Waals surface area contributed by atoms with Gasteiger partial charge in [0, 0.05) is 37.6 Å². The van der Waals surface area contributed by atoms with Crippen LogP contribution < -0.4 is 5.32 Å². The zero-order valence-electron chi connectivity index (χ0n) is 16.9. The highest BCUT2D eigenvalue weighted by Crippen LogP contribution is 2.35. The van der Waals surface area contributed by atoms with Crippen molar-refractivity contribution in [1.82, 2.24) is 19.7 Å². The molecule has 29 heavy (non-hydrogen) atoms. The minimum absolute atomic E-state index is 0.0159. The second kappa shape index (κ2) is 9.09. The number of carbonyl (C=O) groups excluding carboxylic acids is 2. The van der Waals surface area contributed by atoms with Crippen LogP contribution in [-0.4, -0.2) is 52.0 Å². The molecule has 1 aromatic heterocycles. The van der Waals surface area contributed by atoms with Gasteiger partial charge in [-0.05, 0) is 50.6 Å². The lowest BCUT2D eigenvalue weighted by Gasteiger charge is -2.39. The van der Waals surface area contributed by atoms with Crippen molar-refractivity contribution >= 4 is 35.1 Å². The molecule has 0 unspecified atom stereocenters. The topological polar surface area (TPSA) is 57.6 Å². The molecule has 1 atom stereocenters. The molecule has 6 nitrogen and oxygen atoms in total. The number of urea groups is 1. The number of carbonyl (C=O) groups is 2. The van der Waals surface area contributed by atoms with Crippen LogP contribution in [0.5, 0.6) is 0 Å². The second-order valence-electron chi connectivity index (χ2n) is 7.35. The number of amides is 3. The van der Waals surface area contributed by atoms with Crippen molar-refractivity contribution in [3.8, 4) is 0 Å². The first kappa shape index (κ1) is 21.5. The van der Waals surface area contributed by atoms with Crippen LogP contribution in [0.4, 0.5) is 4.79 Å². The fraction of sp³-hybridized carbons (Fsp3) is 0.429. The highest BCUT2D eigenvalue weighted by Gasteiger charge is 2.34. The summed E-state index contributed by atoms with van der Waals surface area (Å²) in [7, 11) is 0. The number of benzene rings is 1. The number of nitrogens with zero attached hydrogens (tertiary/aromatic N) is 3. The average molecular weight is 437 g/mol. The van der Waals surface area contributed by atoms with Gasteiger partial charge in [-0.15, -0.1) is 0 Å². The van der Waals surface area contributed by atoms with Crippen molar-refractivity contribution in [1.29, 1.82) is 0 Å². The third-order valence-corrected chi connectivity index (χ3v) is 5.87. The van der Waals surface area contributed by atoms with Crippen LogP contribution in [-0.2, 0) is 11.3 Å². The predicted molar refractivity (Wildman–Crippen MR) is 115 cm³/mol. The Balaban J connectivity index is 1.92. The lowest BCUT2D eigenvalue weighted by Crippen LogP contribution is -2.51. The van der Waals surface area contributed by atoms with Gasteiger partial charge in [-0.1, -0.05) is 29.3 Å². The molecule has 1 N–H and O–H groups in total. The predicted octanol–water partition coefficient (Wildman–Crippen LogP) is 4.17. The highest BCUT2D eigenvalue weighted by molar-refractivity contribution is 6.42. The molecule has 0 fully saturated rings. The first-order chi connectivity index (χ1) is 13.8. The van der Waals surface area contributed by atoms with Crippen LogP contribution in [0.2, 0.25) is 10.0 Å². The zero-order valence-corrected chi connectivity index (χ0v) is 18.4. The molecule has 1 aliphatic rings. The van der Waals surface area contributed by atoms with Crippen molar-refractivity contribution in [3.05, 3.63) is 57.8 Å². The SMILES string of the molecule is CCNC(=O)N(CC(=O)N1CCn2cccc2[C@H]1c1ccc(Cl)c(Cl)c1)C(C)C. The summed E-state index contributed by atoms with van der Waals surface area (Å²) >= 11 is 12.4. The van der Waals surface area contributed by atoms with Crippen molar-refractivity contribution in [2.24, 2.45) is 0 Å². The van der Waals surface area contributed by atoms with Gasteiger partial charge in [0.2, 0.25) is 5.91 Å². The molecule has 2 heterocycles. The second-order valence-corrected chi connectivity index (χ2v) is 8.16. The van der Waals surface area contributed by atoms with Crippen LogP contribution in [0.25, 0.3) is 0 Å². The van der Waals surface area contributed by atoms with Gasteiger partial charge in [-0.2, -0.15) is 0 Å². The van der Waals surface area contributed by atoms with Gasteiger partial charge in [0.05, 0.1) is 16.1 Å². The Labute approximate surface area is 181 Å². The summed E-state index contributed by atoms with van der Waals surface area (Å²) in [6.07, 6.45) is 2.01. The highest BCUT2D eigenvalue weighted by atomic mass is 35.5. The van der Waals surface area contributed by atoms with Gasteiger partial charge in [-0.3, -0.25) is 4.79 Å². The third kappa shape index (κ3) is 4.54. The van der Waals surface area contributed by atoms with E-state index in [1.54, 1.807) is 11.0 Å². The molecule has 3 rings (SSSR count). The standard InChI is InChI=1S/C21H26Cl2N4O2/c1-4-24-21(29)27(14(2)3)13-19(28)26-11-10-25-9-5-6-18(25)20(26)15-7-8-16(22)17(23)12-15/h5-9,12,14,20H,4,10-11,13H2,1-3H3,(H,24,29)/t20-/m1/s1. The van der Waals surface area contributed by atoms with Crippen molar-refractivity contribution in [3.63, 3.8) is 0 Å². The van der Waals surface area contributed by atoms with Crippen molar-refractivity contribution < 1.29 is 9.59 Å². The van der Waals surface area contributed by atoms with E-state index in [1.165, 1.54) is 0 Å². The van der Waals surface area contributed by atoms with E-state index in [0.717, 1.165) is 11.3 Å². The Morgan fingerprint density at radius 2 is 1.97 bits per heavy atom. The van der Waals surface area contributed by atoms with E-state index >= 15 is 0 Å². The third-order valence-electron chi connectivity index (χ3n) is 5.14. The quantitative estimate of drug-likeness (QED) is 0.764. The lowest BCUT2D eigenvalue weighted by molar-refractivity contribution is -0.134. The van der Waals surface area contributed by atoms with Crippen LogP contribution in [0.1, 0.15) is 38.1 Å². The minimum Gasteiger partial charge on any atom is -0.348 e. The monoisotopic (exact) mass is 436 g/mol. The fourth-order valence-electron chi connectivity index (χ4n) is 3.66. The van der Waals surface area contributed by atoms with E-state index < -0.39 is 0 Å². The van der Waals surface area contributed by atoms with Crippen molar-refractivity contribution in [2.45, 2.75) is 39.4 Å².